The Kier molecular flexibility index (Phi) is 5.30. The van der Waals surface area contributed by atoms with Gasteiger partial charge in [0.05, 0.1) is 0 Å². The van der Waals surface area contributed by atoms with Crippen molar-refractivity contribution in [2.24, 2.45) is 0 Å². The van der Waals surface area contributed by atoms with Crippen molar-refractivity contribution in [2.45, 2.75) is 10.6 Å². The Morgan fingerprint density at radius 2 is 1.11 bits per heavy atom. The molecule has 2 aliphatic carbocycles. The molecule has 0 aromatic heterocycles. The van der Waals surface area contributed by atoms with E-state index in [9.17, 15) is 0 Å². The lowest BCUT2D eigenvalue weighted by molar-refractivity contribution is 0.903. The van der Waals surface area contributed by atoms with E-state index < -0.39 is 8.07 Å². The molecule has 2 aliphatic rings. The van der Waals surface area contributed by atoms with Gasteiger partial charge in [0.2, 0.25) is 0 Å². The normalized spacial score (nSPS) is 17.4. The van der Waals surface area contributed by atoms with Crippen LogP contribution >= 0.6 is 0 Å². The summed E-state index contributed by atoms with van der Waals surface area (Å²) in [6, 6.07) is 49.6. The molecule has 0 spiro atoms. The summed E-state index contributed by atoms with van der Waals surface area (Å²) >= 11 is 0. The standard InChI is InChI=1S/C37H28Si/c1-2-26-37(27-25-28-15-9-14-24-35(28)37)38(29-16-5-3-6-17-29,30-18-7-4-8-19-30)36-33-22-12-10-20-31(33)32-21-11-13-23-34(32)36/h3-27,36H,1H2. The zero-order chi connectivity index (χ0) is 25.6. The lowest BCUT2D eigenvalue weighted by atomic mass is 9.99. The molecule has 0 radical (unpaired) electrons. The molecule has 0 saturated heterocycles. The second-order valence-electron chi connectivity index (χ2n) is 10.3. The maximum absolute atomic E-state index is 4.17. The first kappa shape index (κ1) is 22.7. The zero-order valence-electron chi connectivity index (χ0n) is 21.2. The van der Waals surface area contributed by atoms with Crippen LogP contribution in [-0.2, 0) is 5.04 Å². The lowest BCUT2D eigenvalue weighted by Crippen LogP contribution is -2.73. The number of rotatable bonds is 5. The van der Waals surface area contributed by atoms with Crippen LogP contribution in [0.15, 0.2) is 158 Å². The molecule has 0 aliphatic heterocycles. The third-order valence-electron chi connectivity index (χ3n) is 8.64. The predicted molar refractivity (Wildman–Crippen MR) is 162 cm³/mol. The first-order valence-electron chi connectivity index (χ1n) is 13.3. The van der Waals surface area contributed by atoms with Gasteiger partial charge < -0.3 is 0 Å². The third-order valence-corrected chi connectivity index (χ3v) is 14.5. The number of hydrogen-bond donors (Lipinski definition) is 0. The van der Waals surface area contributed by atoms with Crippen molar-refractivity contribution in [1.82, 2.24) is 0 Å². The number of allylic oxidation sites excluding steroid dienone is 2. The van der Waals surface area contributed by atoms with Crippen LogP contribution in [0.25, 0.3) is 17.2 Å². The van der Waals surface area contributed by atoms with Crippen LogP contribution < -0.4 is 10.4 Å². The van der Waals surface area contributed by atoms with Gasteiger partial charge in [-0.3, -0.25) is 0 Å². The van der Waals surface area contributed by atoms with E-state index in [4.69, 9.17) is 0 Å². The molecule has 0 N–H and O–H groups in total. The highest BCUT2D eigenvalue weighted by Crippen LogP contribution is 2.56. The fraction of sp³-hybridized carbons (Fsp3) is 0.0541. The molecule has 5 aromatic rings. The van der Waals surface area contributed by atoms with Crippen molar-refractivity contribution in [3.05, 3.63) is 180 Å². The maximum atomic E-state index is 4.17. The second kappa shape index (κ2) is 8.85. The summed E-state index contributed by atoms with van der Waals surface area (Å²) < 4.78 is 0. The molecule has 180 valence electrons. The minimum Gasteiger partial charge on any atom is -0.132 e. The summed E-state index contributed by atoms with van der Waals surface area (Å²) in [5, 5.41) is 2.44. The third kappa shape index (κ3) is 2.98. The highest BCUT2D eigenvalue weighted by Gasteiger charge is 2.62. The molecule has 1 heteroatoms. The first-order valence-corrected chi connectivity index (χ1v) is 15.3. The smallest absolute Gasteiger partial charge is 0.132 e. The fourth-order valence-corrected chi connectivity index (χ4v) is 13.9. The molecule has 1 unspecified atom stereocenters. The summed E-state index contributed by atoms with van der Waals surface area (Å²) in [6.07, 6.45) is 7.07. The molecular weight excluding hydrogens is 472 g/mol. The van der Waals surface area contributed by atoms with Crippen molar-refractivity contribution < 1.29 is 0 Å². The zero-order valence-corrected chi connectivity index (χ0v) is 22.2. The van der Waals surface area contributed by atoms with E-state index in [1.807, 2.05) is 0 Å². The van der Waals surface area contributed by atoms with Crippen LogP contribution in [0.2, 0.25) is 0 Å². The molecule has 0 heterocycles. The van der Waals surface area contributed by atoms with Crippen molar-refractivity contribution >= 4 is 24.5 Å². The molecule has 7 rings (SSSR count). The molecule has 0 saturated carbocycles. The van der Waals surface area contributed by atoms with Gasteiger partial charge in [0.15, 0.2) is 0 Å². The predicted octanol–water partition coefficient (Wildman–Crippen LogP) is 7.45. The molecule has 0 nitrogen and oxygen atoms in total. The van der Waals surface area contributed by atoms with Gasteiger partial charge in [-0.1, -0.05) is 163 Å². The monoisotopic (exact) mass is 500 g/mol. The van der Waals surface area contributed by atoms with Crippen LogP contribution in [0.4, 0.5) is 0 Å². The fourth-order valence-electron chi connectivity index (χ4n) is 7.32. The van der Waals surface area contributed by atoms with E-state index >= 15 is 0 Å². The average molecular weight is 501 g/mol. The molecule has 0 amide bonds. The summed E-state index contributed by atoms with van der Waals surface area (Å²) in [5.74, 6) is 0. The number of benzene rings is 5. The Labute approximate surface area is 226 Å². The summed E-state index contributed by atoms with van der Waals surface area (Å²) in [6.45, 7) is 4.17. The van der Waals surface area contributed by atoms with Gasteiger partial charge >= 0.3 is 0 Å². The molecule has 5 aromatic carbocycles. The summed E-state index contributed by atoms with van der Waals surface area (Å²) in [4.78, 5) is 0. The second-order valence-corrected chi connectivity index (χ2v) is 14.5. The van der Waals surface area contributed by atoms with Crippen LogP contribution in [0, 0.1) is 0 Å². The quantitative estimate of drug-likeness (QED) is 0.174. The highest BCUT2D eigenvalue weighted by atomic mass is 28.3. The first-order chi connectivity index (χ1) is 18.8. The SMILES string of the molecule is C=C=CC1([Si](c2ccccc2)(c2ccccc2)C2c3ccccc3-c3ccccc32)C=Cc2ccccc21. The van der Waals surface area contributed by atoms with Gasteiger partial charge in [0.25, 0.3) is 0 Å². The molecule has 1 atom stereocenters. The Hall–Kier alpha value is -4.42. The van der Waals surface area contributed by atoms with Gasteiger partial charge in [-0.05, 0) is 39.5 Å². The van der Waals surface area contributed by atoms with Gasteiger partial charge in [0.1, 0.15) is 8.07 Å². The van der Waals surface area contributed by atoms with E-state index in [-0.39, 0.29) is 10.6 Å². The van der Waals surface area contributed by atoms with E-state index in [2.05, 4.69) is 164 Å². The Morgan fingerprint density at radius 1 is 0.605 bits per heavy atom. The Bertz CT molecular complexity index is 1640. The van der Waals surface area contributed by atoms with Crippen molar-refractivity contribution in [2.75, 3.05) is 0 Å². The van der Waals surface area contributed by atoms with Gasteiger partial charge in [-0.2, -0.15) is 0 Å². The van der Waals surface area contributed by atoms with Crippen LogP contribution in [0.1, 0.15) is 27.8 Å². The highest BCUT2D eigenvalue weighted by molar-refractivity contribution is 7.06. The van der Waals surface area contributed by atoms with Crippen molar-refractivity contribution in [1.29, 1.82) is 0 Å². The van der Waals surface area contributed by atoms with Crippen molar-refractivity contribution in [3.8, 4) is 11.1 Å². The largest absolute Gasteiger partial charge is 0.148 e. The van der Waals surface area contributed by atoms with Gasteiger partial charge in [-0.25, -0.2) is 0 Å². The average Bonchev–Trinajstić information content (AvgIpc) is 3.53. The number of fused-ring (bicyclic) bond motifs is 4. The van der Waals surface area contributed by atoms with E-state index in [0.717, 1.165) is 0 Å². The number of hydrogen-bond acceptors (Lipinski definition) is 0. The molecular formula is C37H28Si. The van der Waals surface area contributed by atoms with Crippen LogP contribution in [0.5, 0.6) is 0 Å². The maximum Gasteiger partial charge on any atom is 0.148 e. The topological polar surface area (TPSA) is 0 Å². The van der Waals surface area contributed by atoms with E-state index in [0.29, 0.717) is 0 Å². The van der Waals surface area contributed by atoms with Crippen molar-refractivity contribution in [3.63, 3.8) is 0 Å². The Morgan fingerprint density at radius 3 is 1.68 bits per heavy atom. The lowest BCUT2D eigenvalue weighted by Gasteiger charge is -2.50. The Balaban J connectivity index is 1.72. The minimum absolute atomic E-state index is 0.195. The summed E-state index contributed by atoms with van der Waals surface area (Å²) in [5.41, 5.74) is 11.7. The minimum atomic E-state index is -2.85. The van der Waals surface area contributed by atoms with Crippen LogP contribution in [0.3, 0.4) is 0 Å². The molecule has 0 fully saturated rings. The van der Waals surface area contributed by atoms with Gasteiger partial charge in [0, 0.05) is 10.6 Å². The molecule has 38 heavy (non-hydrogen) atoms. The van der Waals surface area contributed by atoms with Crippen LogP contribution in [-0.4, -0.2) is 8.07 Å². The molecule has 0 bridgehead atoms. The van der Waals surface area contributed by atoms with Gasteiger partial charge in [-0.15, -0.1) is 5.73 Å². The summed E-state index contributed by atoms with van der Waals surface area (Å²) in [7, 11) is -2.85. The van der Waals surface area contributed by atoms with E-state index in [1.165, 1.54) is 43.8 Å². The van der Waals surface area contributed by atoms with E-state index in [1.54, 1.807) is 0 Å².